The van der Waals surface area contributed by atoms with Crippen molar-refractivity contribution in [3.8, 4) is 17.6 Å². The molecule has 2 aliphatic heterocycles. The molecule has 37 heavy (non-hydrogen) atoms. The van der Waals surface area contributed by atoms with Gasteiger partial charge in [0, 0.05) is 47.8 Å². The first-order valence-electron chi connectivity index (χ1n) is 12.3. The molecule has 0 bridgehead atoms. The Labute approximate surface area is 216 Å². The Morgan fingerprint density at radius 2 is 1.89 bits per heavy atom. The maximum absolute atomic E-state index is 12.3. The number of hydrogen-bond donors (Lipinski definition) is 2. The van der Waals surface area contributed by atoms with Gasteiger partial charge in [-0.05, 0) is 42.3 Å². The quantitative estimate of drug-likeness (QED) is 0.490. The molecule has 1 spiro atoms. The molecule has 0 atom stereocenters. The average Bonchev–Trinajstić information content (AvgIpc) is 3.29. The standard InChI is InChI=1S/C28H31N5O4/c1-27(2,3)24-14-25(32-37-24)31-26(34)30-22-8-5-20(6-9-22)4-7-21-10-11-23(15-29-21)36-13-12-33-16-28(17-33)18-35-19-28/h5-6,8-11,14-15H,12-13,16-19H2,1-3H3,(H2,30,31,32,34). The summed E-state index contributed by atoms with van der Waals surface area (Å²) in [6.45, 7) is 11.6. The number of nitrogens with one attached hydrogen (secondary N) is 2. The summed E-state index contributed by atoms with van der Waals surface area (Å²) >= 11 is 0. The van der Waals surface area contributed by atoms with Crippen molar-refractivity contribution in [2.75, 3.05) is 50.1 Å². The summed E-state index contributed by atoms with van der Waals surface area (Å²) in [6, 6.07) is 12.3. The number of likely N-dealkylation sites (tertiary alicyclic amines) is 1. The molecule has 4 heterocycles. The molecule has 0 aliphatic carbocycles. The van der Waals surface area contributed by atoms with E-state index < -0.39 is 6.03 Å². The highest BCUT2D eigenvalue weighted by atomic mass is 16.5. The minimum atomic E-state index is -0.402. The summed E-state index contributed by atoms with van der Waals surface area (Å²) in [6.07, 6.45) is 1.70. The molecule has 2 aromatic heterocycles. The summed E-state index contributed by atoms with van der Waals surface area (Å²) in [5, 5.41) is 9.33. The van der Waals surface area contributed by atoms with E-state index in [0.29, 0.717) is 35.0 Å². The number of carbonyl (C=O) groups excluding carboxylic acids is 1. The average molecular weight is 502 g/mol. The van der Waals surface area contributed by atoms with Crippen LogP contribution in [-0.2, 0) is 10.2 Å². The number of carbonyl (C=O) groups is 1. The van der Waals surface area contributed by atoms with Crippen molar-refractivity contribution in [2.45, 2.75) is 26.2 Å². The third kappa shape index (κ3) is 6.28. The molecule has 5 rings (SSSR count). The van der Waals surface area contributed by atoms with E-state index in [4.69, 9.17) is 14.0 Å². The molecule has 3 aromatic rings. The van der Waals surface area contributed by atoms with Gasteiger partial charge in [0.05, 0.1) is 19.4 Å². The van der Waals surface area contributed by atoms with Crippen LogP contribution in [0.25, 0.3) is 0 Å². The van der Waals surface area contributed by atoms with Crippen molar-refractivity contribution < 1.29 is 18.8 Å². The Morgan fingerprint density at radius 1 is 1.11 bits per heavy atom. The second kappa shape index (κ2) is 10.2. The van der Waals surface area contributed by atoms with Crippen LogP contribution in [0.15, 0.2) is 53.2 Å². The van der Waals surface area contributed by atoms with E-state index in [1.807, 2.05) is 45.0 Å². The van der Waals surface area contributed by atoms with Gasteiger partial charge in [-0.1, -0.05) is 31.8 Å². The minimum Gasteiger partial charge on any atom is -0.491 e. The van der Waals surface area contributed by atoms with Crippen molar-refractivity contribution in [1.82, 2.24) is 15.0 Å². The molecular formula is C28H31N5O4. The molecule has 192 valence electrons. The molecule has 0 unspecified atom stereocenters. The highest BCUT2D eigenvalue weighted by Gasteiger charge is 2.48. The minimum absolute atomic E-state index is 0.185. The maximum atomic E-state index is 12.3. The lowest BCUT2D eigenvalue weighted by molar-refractivity contribution is -0.189. The fourth-order valence-corrected chi connectivity index (χ4v) is 4.21. The first-order valence-corrected chi connectivity index (χ1v) is 12.3. The van der Waals surface area contributed by atoms with Crippen LogP contribution in [0.1, 0.15) is 37.8 Å². The van der Waals surface area contributed by atoms with E-state index in [2.05, 4.69) is 37.5 Å². The van der Waals surface area contributed by atoms with E-state index in [1.165, 1.54) is 0 Å². The van der Waals surface area contributed by atoms with Crippen LogP contribution in [0, 0.1) is 17.3 Å². The Hall–Kier alpha value is -3.87. The fourth-order valence-electron chi connectivity index (χ4n) is 4.21. The number of benzene rings is 1. The summed E-state index contributed by atoms with van der Waals surface area (Å²) in [5.74, 6) is 7.94. The Bertz CT molecular complexity index is 1290. The molecule has 2 fully saturated rings. The Balaban J connectivity index is 1.06. The highest BCUT2D eigenvalue weighted by molar-refractivity contribution is 5.99. The van der Waals surface area contributed by atoms with Gasteiger partial charge in [0.15, 0.2) is 5.82 Å². The molecule has 2 saturated heterocycles. The molecule has 0 radical (unpaired) electrons. The summed E-state index contributed by atoms with van der Waals surface area (Å²) in [5.41, 5.74) is 2.35. The normalized spacial score (nSPS) is 16.2. The van der Waals surface area contributed by atoms with Crippen LogP contribution in [-0.4, -0.2) is 60.5 Å². The summed E-state index contributed by atoms with van der Waals surface area (Å²) < 4.78 is 16.4. The topological polar surface area (TPSA) is 102 Å². The molecule has 2 N–H and O–H groups in total. The van der Waals surface area contributed by atoms with Crippen LogP contribution in [0.4, 0.5) is 16.3 Å². The third-order valence-electron chi connectivity index (χ3n) is 6.32. The van der Waals surface area contributed by atoms with Crippen LogP contribution < -0.4 is 15.4 Å². The number of ether oxygens (including phenoxy) is 2. The zero-order valence-corrected chi connectivity index (χ0v) is 21.3. The largest absolute Gasteiger partial charge is 0.491 e. The van der Waals surface area contributed by atoms with Gasteiger partial charge in [-0.2, -0.15) is 0 Å². The van der Waals surface area contributed by atoms with Crippen molar-refractivity contribution in [3.05, 3.63) is 65.7 Å². The molecule has 2 amide bonds. The Morgan fingerprint density at radius 3 is 2.51 bits per heavy atom. The number of aromatic nitrogens is 2. The lowest BCUT2D eigenvalue weighted by Gasteiger charge is -2.55. The third-order valence-corrected chi connectivity index (χ3v) is 6.32. The Kier molecular flexibility index (Phi) is 6.87. The second-order valence-electron chi connectivity index (χ2n) is 10.7. The van der Waals surface area contributed by atoms with Crippen LogP contribution in [0.2, 0.25) is 0 Å². The number of pyridine rings is 1. The van der Waals surface area contributed by atoms with Crippen molar-refractivity contribution in [3.63, 3.8) is 0 Å². The van der Waals surface area contributed by atoms with E-state index in [1.54, 1.807) is 24.4 Å². The lowest BCUT2D eigenvalue weighted by atomic mass is 9.78. The number of rotatable bonds is 6. The smallest absolute Gasteiger partial charge is 0.324 e. The van der Waals surface area contributed by atoms with Gasteiger partial charge < -0.3 is 19.3 Å². The maximum Gasteiger partial charge on any atom is 0.324 e. The van der Waals surface area contributed by atoms with Crippen molar-refractivity contribution in [1.29, 1.82) is 0 Å². The van der Waals surface area contributed by atoms with E-state index >= 15 is 0 Å². The number of amides is 2. The van der Waals surface area contributed by atoms with E-state index in [-0.39, 0.29) is 5.41 Å². The van der Waals surface area contributed by atoms with E-state index in [9.17, 15) is 4.79 Å². The molecular weight excluding hydrogens is 470 g/mol. The fraction of sp³-hybridized carbons (Fsp3) is 0.393. The van der Waals surface area contributed by atoms with Gasteiger partial charge in [-0.25, -0.2) is 9.78 Å². The molecule has 1 aromatic carbocycles. The zero-order chi connectivity index (χ0) is 25.9. The van der Waals surface area contributed by atoms with Crippen LogP contribution >= 0.6 is 0 Å². The van der Waals surface area contributed by atoms with Gasteiger partial charge >= 0.3 is 6.03 Å². The van der Waals surface area contributed by atoms with Crippen LogP contribution in [0.3, 0.4) is 0 Å². The number of hydrogen-bond acceptors (Lipinski definition) is 7. The number of nitrogens with zero attached hydrogens (tertiary/aromatic N) is 3. The van der Waals surface area contributed by atoms with E-state index in [0.717, 1.165) is 44.2 Å². The first kappa shape index (κ1) is 24.8. The summed E-state index contributed by atoms with van der Waals surface area (Å²) in [7, 11) is 0. The van der Waals surface area contributed by atoms with Gasteiger partial charge in [0.2, 0.25) is 0 Å². The first-order chi connectivity index (χ1) is 17.8. The lowest BCUT2D eigenvalue weighted by Crippen LogP contribution is -2.66. The van der Waals surface area contributed by atoms with Crippen molar-refractivity contribution in [2.24, 2.45) is 5.41 Å². The predicted octanol–water partition coefficient (Wildman–Crippen LogP) is 4.12. The highest BCUT2D eigenvalue weighted by Crippen LogP contribution is 2.37. The second-order valence-corrected chi connectivity index (χ2v) is 10.7. The van der Waals surface area contributed by atoms with Gasteiger partial charge in [0.1, 0.15) is 23.8 Å². The number of anilines is 2. The van der Waals surface area contributed by atoms with Gasteiger partial charge in [-0.3, -0.25) is 10.2 Å². The summed E-state index contributed by atoms with van der Waals surface area (Å²) in [4.78, 5) is 19.0. The monoisotopic (exact) mass is 501 g/mol. The van der Waals surface area contributed by atoms with Crippen molar-refractivity contribution >= 4 is 17.5 Å². The van der Waals surface area contributed by atoms with Gasteiger partial charge in [-0.15, -0.1) is 0 Å². The molecule has 9 nitrogen and oxygen atoms in total. The zero-order valence-electron chi connectivity index (χ0n) is 21.3. The van der Waals surface area contributed by atoms with Crippen LogP contribution in [0.5, 0.6) is 5.75 Å². The SMILES string of the molecule is CC(C)(C)c1cc(NC(=O)Nc2ccc(C#Cc3ccc(OCCN4CC5(COC5)C4)cn3)cc2)no1. The molecule has 2 aliphatic rings. The number of urea groups is 1. The van der Waals surface area contributed by atoms with Gasteiger partial charge in [0.25, 0.3) is 0 Å². The molecule has 9 heteroatoms. The predicted molar refractivity (Wildman–Crippen MR) is 140 cm³/mol. The molecule has 0 saturated carbocycles.